The summed E-state index contributed by atoms with van der Waals surface area (Å²) >= 11 is 0. The first-order valence-corrected chi connectivity index (χ1v) is 11.9. The molecule has 1 aromatic carbocycles. The fraction of sp³-hybridized carbons (Fsp3) is 0.692. The van der Waals surface area contributed by atoms with Crippen molar-refractivity contribution in [3.8, 4) is 0 Å². The average Bonchev–Trinajstić information content (AvgIpc) is 2.75. The highest BCUT2D eigenvalue weighted by Crippen LogP contribution is 2.40. The lowest BCUT2D eigenvalue weighted by Gasteiger charge is -2.38. The van der Waals surface area contributed by atoms with E-state index in [1.807, 2.05) is 0 Å². The summed E-state index contributed by atoms with van der Waals surface area (Å²) in [7, 11) is 0. The minimum absolute atomic E-state index is 0.410. The van der Waals surface area contributed by atoms with E-state index in [4.69, 9.17) is 4.74 Å². The number of allylic oxidation sites excluding steroid dienone is 1. The Balaban J connectivity index is 1.39. The number of rotatable bonds is 9. The molecule has 0 bridgehead atoms. The quantitative estimate of drug-likeness (QED) is 0.378. The lowest BCUT2D eigenvalue weighted by Crippen LogP contribution is -2.34. The molecule has 0 N–H and O–H groups in total. The molecule has 0 radical (unpaired) electrons. The third kappa shape index (κ3) is 7.20. The fourth-order valence-corrected chi connectivity index (χ4v) is 5.24. The zero-order valence-electron chi connectivity index (χ0n) is 18.1. The van der Waals surface area contributed by atoms with Crippen molar-refractivity contribution in [1.29, 1.82) is 0 Å². The molecule has 2 unspecified atom stereocenters. The fourth-order valence-electron chi connectivity index (χ4n) is 5.24. The summed E-state index contributed by atoms with van der Waals surface area (Å²) in [4.78, 5) is 0. The van der Waals surface area contributed by atoms with Crippen LogP contribution in [0.1, 0.15) is 94.6 Å². The highest BCUT2D eigenvalue weighted by molar-refractivity contribution is 5.26. The van der Waals surface area contributed by atoms with Crippen molar-refractivity contribution in [2.45, 2.75) is 96.0 Å². The van der Waals surface area contributed by atoms with Gasteiger partial charge in [0.05, 0.1) is 6.10 Å². The van der Waals surface area contributed by atoms with Gasteiger partial charge in [0.2, 0.25) is 0 Å². The minimum Gasteiger partial charge on any atom is -0.378 e. The van der Waals surface area contributed by atoms with E-state index in [0.717, 1.165) is 30.1 Å². The molecule has 1 saturated carbocycles. The van der Waals surface area contributed by atoms with Gasteiger partial charge < -0.3 is 4.74 Å². The first-order chi connectivity index (χ1) is 14.2. The van der Waals surface area contributed by atoms with Gasteiger partial charge in [-0.05, 0) is 92.7 Å². The Hall–Kier alpha value is -1.22. The molecule has 0 spiro atoms. The number of halogens is 2. The van der Waals surface area contributed by atoms with E-state index in [9.17, 15) is 8.78 Å². The average molecular weight is 405 g/mol. The molecule has 0 amide bonds. The third-order valence-electron chi connectivity index (χ3n) is 7.10. The highest BCUT2D eigenvalue weighted by Gasteiger charge is 2.31. The van der Waals surface area contributed by atoms with Gasteiger partial charge in [0.15, 0.2) is 0 Å². The Morgan fingerprint density at radius 1 is 1.00 bits per heavy atom. The number of ether oxygens (including phenoxy) is 1. The summed E-state index contributed by atoms with van der Waals surface area (Å²) in [5.41, 5.74) is 2.56. The molecule has 2 fully saturated rings. The van der Waals surface area contributed by atoms with Crippen LogP contribution in [0.2, 0.25) is 0 Å². The molecular weight excluding hydrogens is 366 g/mol. The second kappa shape index (κ2) is 11.8. The molecule has 1 aliphatic carbocycles. The van der Waals surface area contributed by atoms with E-state index < -0.39 is 6.08 Å². The predicted molar refractivity (Wildman–Crippen MR) is 116 cm³/mol. The number of aryl methyl sites for hydroxylation is 1. The molecule has 162 valence electrons. The summed E-state index contributed by atoms with van der Waals surface area (Å²) in [6.45, 7) is 3.25. The maximum absolute atomic E-state index is 12.1. The molecular formula is C26H38F2O. The Labute approximate surface area is 175 Å². The van der Waals surface area contributed by atoms with Gasteiger partial charge >= 0.3 is 0 Å². The summed E-state index contributed by atoms with van der Waals surface area (Å²) in [5.74, 6) is 2.18. The molecule has 1 aromatic rings. The molecule has 2 atom stereocenters. The van der Waals surface area contributed by atoms with Crippen LogP contribution in [0.25, 0.3) is 0 Å². The maximum Gasteiger partial charge on any atom is 0.266 e. The second-order valence-corrected chi connectivity index (χ2v) is 9.20. The van der Waals surface area contributed by atoms with E-state index in [0.29, 0.717) is 24.9 Å². The topological polar surface area (TPSA) is 9.23 Å². The molecule has 3 rings (SSSR count). The Bertz CT molecular complexity index is 604. The van der Waals surface area contributed by atoms with Gasteiger partial charge in [-0.25, -0.2) is 0 Å². The molecule has 2 aliphatic rings. The van der Waals surface area contributed by atoms with Gasteiger partial charge in [-0.2, -0.15) is 8.78 Å². The van der Waals surface area contributed by atoms with E-state index >= 15 is 0 Å². The van der Waals surface area contributed by atoms with Gasteiger partial charge in [-0.1, -0.05) is 50.5 Å². The van der Waals surface area contributed by atoms with Crippen LogP contribution in [0, 0.1) is 11.8 Å². The van der Waals surface area contributed by atoms with Crippen LogP contribution in [-0.2, 0) is 11.2 Å². The zero-order valence-corrected chi connectivity index (χ0v) is 18.1. The van der Waals surface area contributed by atoms with Gasteiger partial charge in [-0.3, -0.25) is 0 Å². The monoisotopic (exact) mass is 404 g/mol. The SMILES string of the molecule is CCCCCC1CCC(C2CCC(c3ccc(CCC=C(F)F)cc3)CC2)OC1. The first-order valence-electron chi connectivity index (χ1n) is 11.9. The number of benzene rings is 1. The van der Waals surface area contributed by atoms with Crippen LogP contribution in [0.4, 0.5) is 8.78 Å². The maximum atomic E-state index is 12.1. The van der Waals surface area contributed by atoms with Crippen molar-refractivity contribution in [2.24, 2.45) is 11.8 Å². The molecule has 0 aromatic heterocycles. The summed E-state index contributed by atoms with van der Waals surface area (Å²) in [5, 5.41) is 0. The van der Waals surface area contributed by atoms with E-state index in [1.165, 1.54) is 69.8 Å². The van der Waals surface area contributed by atoms with Gasteiger partial charge in [0.1, 0.15) is 0 Å². The lowest BCUT2D eigenvalue weighted by molar-refractivity contribution is -0.0578. The Morgan fingerprint density at radius 2 is 1.76 bits per heavy atom. The number of unbranched alkanes of at least 4 members (excludes halogenated alkanes) is 2. The van der Waals surface area contributed by atoms with E-state index in [2.05, 4.69) is 31.2 Å². The predicted octanol–water partition coefficient (Wildman–Crippen LogP) is 8.05. The van der Waals surface area contributed by atoms with Crippen LogP contribution in [-0.4, -0.2) is 12.7 Å². The Kier molecular flexibility index (Phi) is 9.17. The molecule has 1 nitrogen and oxygen atoms in total. The Morgan fingerprint density at radius 3 is 2.38 bits per heavy atom. The first kappa shape index (κ1) is 22.5. The van der Waals surface area contributed by atoms with Crippen molar-refractivity contribution in [1.82, 2.24) is 0 Å². The van der Waals surface area contributed by atoms with Crippen LogP contribution < -0.4 is 0 Å². The van der Waals surface area contributed by atoms with Crippen molar-refractivity contribution >= 4 is 0 Å². The van der Waals surface area contributed by atoms with Crippen molar-refractivity contribution in [3.05, 3.63) is 47.5 Å². The molecule has 29 heavy (non-hydrogen) atoms. The van der Waals surface area contributed by atoms with E-state index in [1.54, 1.807) is 0 Å². The van der Waals surface area contributed by atoms with Crippen molar-refractivity contribution in [2.75, 3.05) is 6.61 Å². The number of hydrogen-bond acceptors (Lipinski definition) is 1. The lowest BCUT2D eigenvalue weighted by atomic mass is 9.75. The standard InChI is InChI=1S/C26H38F2O/c1-2-3-4-6-21-11-18-25(29-19-21)24-16-14-23(15-17-24)22-12-9-20(10-13-22)7-5-8-26(27)28/h8-10,12-13,21,23-25H,2-7,11,14-19H2,1H3. The molecule has 1 heterocycles. The number of hydrogen-bond donors (Lipinski definition) is 0. The normalized spacial score (nSPS) is 27.6. The van der Waals surface area contributed by atoms with Gasteiger partial charge in [-0.15, -0.1) is 0 Å². The third-order valence-corrected chi connectivity index (χ3v) is 7.10. The van der Waals surface area contributed by atoms with Crippen LogP contribution in [0.5, 0.6) is 0 Å². The molecule has 1 aliphatic heterocycles. The second-order valence-electron chi connectivity index (χ2n) is 9.20. The summed E-state index contributed by atoms with van der Waals surface area (Å²) < 4.78 is 30.6. The van der Waals surface area contributed by atoms with E-state index in [-0.39, 0.29) is 0 Å². The summed E-state index contributed by atoms with van der Waals surface area (Å²) in [6.07, 6.45) is 14.1. The van der Waals surface area contributed by atoms with Crippen molar-refractivity contribution < 1.29 is 13.5 Å². The summed E-state index contributed by atoms with van der Waals surface area (Å²) in [6, 6.07) is 8.67. The molecule has 3 heteroatoms. The van der Waals surface area contributed by atoms with Gasteiger partial charge in [0, 0.05) is 6.61 Å². The largest absolute Gasteiger partial charge is 0.378 e. The minimum atomic E-state index is -1.58. The van der Waals surface area contributed by atoms with Gasteiger partial charge in [0.25, 0.3) is 6.08 Å². The molecule has 1 saturated heterocycles. The van der Waals surface area contributed by atoms with Crippen LogP contribution in [0.3, 0.4) is 0 Å². The smallest absolute Gasteiger partial charge is 0.266 e. The van der Waals surface area contributed by atoms with Crippen molar-refractivity contribution in [3.63, 3.8) is 0 Å². The van der Waals surface area contributed by atoms with Crippen LogP contribution >= 0.6 is 0 Å². The zero-order chi connectivity index (χ0) is 20.5. The van der Waals surface area contributed by atoms with Crippen LogP contribution in [0.15, 0.2) is 36.4 Å². The highest BCUT2D eigenvalue weighted by atomic mass is 19.3.